The Kier molecular flexibility index (Phi) is 6.07. The Morgan fingerprint density at radius 3 is 2.62 bits per heavy atom. The van der Waals surface area contributed by atoms with Crippen LogP contribution in [0.15, 0.2) is 35.4 Å². The van der Waals surface area contributed by atoms with Gasteiger partial charge in [0.15, 0.2) is 0 Å². The van der Waals surface area contributed by atoms with Crippen LogP contribution in [0, 0.1) is 6.92 Å². The monoisotopic (exact) mass is 464 g/mol. The average Bonchev–Trinajstić information content (AvgIpc) is 2.75. The van der Waals surface area contributed by atoms with Crippen molar-refractivity contribution in [1.82, 2.24) is 14.5 Å². The van der Waals surface area contributed by atoms with Gasteiger partial charge < -0.3 is 5.32 Å². The van der Waals surface area contributed by atoms with Gasteiger partial charge in [-0.25, -0.2) is 9.97 Å². The molecule has 32 heavy (non-hydrogen) atoms. The summed E-state index contributed by atoms with van der Waals surface area (Å²) in [4.78, 5) is 21.4. The zero-order valence-corrected chi connectivity index (χ0v) is 18.5. The number of rotatable bonds is 4. The SMILES string of the molecule is Cc1c(CNc2ncnc3c2cc(C2CCS(=O)CC2)c(=O)n3C)cccc1C(F)(F)F. The number of halogens is 3. The van der Waals surface area contributed by atoms with Gasteiger partial charge in [0.05, 0.1) is 10.9 Å². The number of benzene rings is 1. The van der Waals surface area contributed by atoms with Crippen LogP contribution in [0.3, 0.4) is 0 Å². The van der Waals surface area contributed by atoms with Crippen LogP contribution < -0.4 is 10.9 Å². The van der Waals surface area contributed by atoms with E-state index in [2.05, 4.69) is 15.3 Å². The molecule has 3 aromatic rings. The second-order valence-electron chi connectivity index (χ2n) is 7.99. The number of hydrogen-bond acceptors (Lipinski definition) is 5. The van der Waals surface area contributed by atoms with Crippen molar-refractivity contribution in [3.8, 4) is 0 Å². The van der Waals surface area contributed by atoms with Gasteiger partial charge in [-0.05, 0) is 48.9 Å². The van der Waals surface area contributed by atoms with E-state index in [-0.39, 0.29) is 23.6 Å². The van der Waals surface area contributed by atoms with Crippen molar-refractivity contribution in [2.24, 2.45) is 7.05 Å². The zero-order valence-electron chi connectivity index (χ0n) is 17.7. The Morgan fingerprint density at radius 1 is 1.22 bits per heavy atom. The third kappa shape index (κ3) is 4.28. The number of anilines is 1. The molecule has 1 aliphatic heterocycles. The summed E-state index contributed by atoms with van der Waals surface area (Å²) in [7, 11) is 0.803. The van der Waals surface area contributed by atoms with E-state index in [0.717, 1.165) is 6.07 Å². The number of aromatic nitrogens is 3. The van der Waals surface area contributed by atoms with Gasteiger partial charge in [-0.2, -0.15) is 13.2 Å². The van der Waals surface area contributed by atoms with Gasteiger partial charge >= 0.3 is 6.18 Å². The van der Waals surface area contributed by atoms with E-state index in [0.29, 0.717) is 52.3 Å². The summed E-state index contributed by atoms with van der Waals surface area (Å²) < 4.78 is 52.9. The van der Waals surface area contributed by atoms with Gasteiger partial charge in [0, 0.05) is 41.5 Å². The summed E-state index contributed by atoms with van der Waals surface area (Å²) in [5.74, 6) is 1.59. The van der Waals surface area contributed by atoms with Crippen molar-refractivity contribution in [3.05, 3.63) is 63.2 Å². The van der Waals surface area contributed by atoms with Gasteiger partial charge in [-0.1, -0.05) is 12.1 Å². The highest BCUT2D eigenvalue weighted by molar-refractivity contribution is 7.85. The lowest BCUT2D eigenvalue weighted by Gasteiger charge is -2.22. The molecule has 1 aliphatic rings. The summed E-state index contributed by atoms with van der Waals surface area (Å²) in [6.45, 7) is 1.59. The van der Waals surface area contributed by atoms with Gasteiger partial charge in [0.1, 0.15) is 17.8 Å². The van der Waals surface area contributed by atoms with Crippen LogP contribution in [0.25, 0.3) is 11.0 Å². The number of aryl methyl sites for hydroxylation is 1. The summed E-state index contributed by atoms with van der Waals surface area (Å²) in [6.07, 6.45) is -1.74. The second-order valence-corrected chi connectivity index (χ2v) is 9.68. The molecule has 0 atom stereocenters. The Morgan fingerprint density at radius 2 is 1.94 bits per heavy atom. The standard InChI is InChI=1S/C22H23F3N4O2S/c1-13-15(4-3-5-18(13)22(23,24)25)11-26-19-17-10-16(14-6-8-32(31)9-7-14)21(30)29(2)20(17)28-12-27-19/h3-5,10,12,14H,6-9,11H2,1-2H3,(H,26,27,28). The third-order valence-corrected chi connectivity index (χ3v) is 7.44. The van der Waals surface area contributed by atoms with Gasteiger partial charge in [0.25, 0.3) is 5.56 Å². The van der Waals surface area contributed by atoms with Crippen LogP contribution in [0.5, 0.6) is 0 Å². The lowest BCUT2D eigenvalue weighted by Crippen LogP contribution is -2.27. The summed E-state index contributed by atoms with van der Waals surface area (Å²) in [5, 5.41) is 3.75. The van der Waals surface area contributed by atoms with E-state index in [4.69, 9.17) is 0 Å². The molecule has 10 heteroatoms. The molecule has 0 aliphatic carbocycles. The summed E-state index contributed by atoms with van der Waals surface area (Å²) in [5.41, 5.74) is 0.930. The van der Waals surface area contributed by atoms with Crippen LogP contribution in [-0.4, -0.2) is 30.2 Å². The van der Waals surface area contributed by atoms with Crippen molar-refractivity contribution >= 4 is 27.7 Å². The predicted molar refractivity (Wildman–Crippen MR) is 118 cm³/mol. The van der Waals surface area contributed by atoms with Crippen LogP contribution in [-0.2, 0) is 30.6 Å². The smallest absolute Gasteiger partial charge is 0.365 e. The topological polar surface area (TPSA) is 76.9 Å². The third-order valence-electron chi connectivity index (χ3n) is 6.06. The van der Waals surface area contributed by atoms with Crippen molar-refractivity contribution in [1.29, 1.82) is 0 Å². The molecule has 1 fully saturated rings. The maximum atomic E-state index is 13.2. The molecule has 0 radical (unpaired) electrons. The molecule has 170 valence electrons. The molecule has 0 amide bonds. The van der Waals surface area contributed by atoms with Crippen LogP contribution in [0.2, 0.25) is 0 Å². The molecule has 2 aromatic heterocycles. The number of alkyl halides is 3. The fourth-order valence-electron chi connectivity index (χ4n) is 4.19. The molecule has 0 saturated carbocycles. The first-order chi connectivity index (χ1) is 15.2. The number of pyridine rings is 1. The molecule has 4 rings (SSSR count). The largest absolute Gasteiger partial charge is 0.416 e. The molecular formula is C22H23F3N4O2S. The molecule has 3 heterocycles. The first-order valence-corrected chi connectivity index (χ1v) is 11.7. The molecule has 6 nitrogen and oxygen atoms in total. The minimum absolute atomic E-state index is 0.00886. The fraction of sp³-hybridized carbons (Fsp3) is 0.409. The number of nitrogens with one attached hydrogen (secondary N) is 1. The molecular weight excluding hydrogens is 441 g/mol. The molecule has 1 N–H and O–H groups in total. The van der Waals surface area contributed by atoms with E-state index in [9.17, 15) is 22.2 Å². The maximum Gasteiger partial charge on any atom is 0.416 e. The molecule has 0 unspecified atom stereocenters. The highest BCUT2D eigenvalue weighted by atomic mass is 32.2. The lowest BCUT2D eigenvalue weighted by atomic mass is 9.94. The van der Waals surface area contributed by atoms with E-state index < -0.39 is 22.5 Å². The quantitative estimate of drug-likeness (QED) is 0.634. The summed E-state index contributed by atoms with van der Waals surface area (Å²) in [6, 6.07) is 5.88. The van der Waals surface area contributed by atoms with Crippen molar-refractivity contribution < 1.29 is 17.4 Å². The highest BCUT2D eigenvalue weighted by Crippen LogP contribution is 2.33. The maximum absolute atomic E-state index is 13.2. The van der Waals surface area contributed by atoms with Crippen molar-refractivity contribution in [2.45, 2.75) is 38.4 Å². The first-order valence-electron chi connectivity index (χ1n) is 10.3. The highest BCUT2D eigenvalue weighted by Gasteiger charge is 2.32. The van der Waals surface area contributed by atoms with Crippen molar-refractivity contribution in [2.75, 3.05) is 16.8 Å². The van der Waals surface area contributed by atoms with E-state index in [1.165, 1.54) is 23.9 Å². The number of nitrogens with zero attached hydrogens (tertiary/aromatic N) is 3. The predicted octanol–water partition coefficient (Wildman–Crippen LogP) is 3.89. The van der Waals surface area contributed by atoms with Crippen LogP contribution in [0.1, 0.15) is 41.0 Å². The Labute approximate surface area is 185 Å². The lowest BCUT2D eigenvalue weighted by molar-refractivity contribution is -0.138. The molecule has 0 spiro atoms. The minimum Gasteiger partial charge on any atom is -0.365 e. The number of fused-ring (bicyclic) bond motifs is 1. The normalized spacial score (nSPS) is 19.3. The summed E-state index contributed by atoms with van der Waals surface area (Å²) >= 11 is 0. The van der Waals surface area contributed by atoms with E-state index >= 15 is 0 Å². The molecule has 1 saturated heterocycles. The Bertz CT molecular complexity index is 1250. The molecule has 0 bridgehead atoms. The Hall–Kier alpha value is -2.75. The first kappa shape index (κ1) is 22.4. The number of hydrogen-bond donors (Lipinski definition) is 1. The van der Waals surface area contributed by atoms with E-state index in [1.807, 2.05) is 0 Å². The van der Waals surface area contributed by atoms with Crippen LogP contribution >= 0.6 is 0 Å². The minimum atomic E-state index is -4.42. The van der Waals surface area contributed by atoms with E-state index in [1.54, 1.807) is 19.2 Å². The second kappa shape index (κ2) is 8.65. The average molecular weight is 465 g/mol. The van der Waals surface area contributed by atoms with Gasteiger partial charge in [-0.3, -0.25) is 13.6 Å². The zero-order chi connectivity index (χ0) is 23.0. The Balaban J connectivity index is 1.70. The van der Waals surface area contributed by atoms with Gasteiger partial charge in [0.2, 0.25) is 0 Å². The van der Waals surface area contributed by atoms with Gasteiger partial charge in [-0.15, -0.1) is 0 Å². The molecule has 1 aromatic carbocycles. The fourth-order valence-corrected chi connectivity index (χ4v) is 5.49. The van der Waals surface area contributed by atoms with Crippen LogP contribution in [0.4, 0.5) is 19.0 Å². The van der Waals surface area contributed by atoms with Crippen molar-refractivity contribution in [3.63, 3.8) is 0 Å².